The standard InChI is InChI=1S/C15H24FNO4/c1-2-15(10-18,11-19)17-7-13(20)9-21-8-12-5-3-4-6-14(12)16/h3-6,13,17-20H,2,7-11H2,1H3/t13-/m1/s1. The number of aliphatic hydroxyl groups excluding tert-OH is 3. The Morgan fingerprint density at radius 2 is 1.95 bits per heavy atom. The highest BCUT2D eigenvalue weighted by atomic mass is 19.1. The van der Waals surface area contributed by atoms with E-state index in [1.165, 1.54) is 6.07 Å². The zero-order valence-electron chi connectivity index (χ0n) is 12.3. The summed E-state index contributed by atoms with van der Waals surface area (Å²) < 4.78 is 18.6. The molecule has 4 N–H and O–H groups in total. The molecule has 1 rings (SSSR count). The van der Waals surface area contributed by atoms with Gasteiger partial charge in [0.1, 0.15) is 5.82 Å². The summed E-state index contributed by atoms with van der Waals surface area (Å²) >= 11 is 0. The molecule has 0 saturated carbocycles. The first kappa shape index (κ1) is 18.0. The van der Waals surface area contributed by atoms with Gasteiger partial charge in [0, 0.05) is 12.1 Å². The van der Waals surface area contributed by atoms with Gasteiger partial charge in [-0.1, -0.05) is 25.1 Å². The first-order valence-corrected chi connectivity index (χ1v) is 7.03. The van der Waals surface area contributed by atoms with Gasteiger partial charge in [0.2, 0.25) is 0 Å². The topological polar surface area (TPSA) is 82.0 Å². The molecule has 1 aromatic rings. The summed E-state index contributed by atoms with van der Waals surface area (Å²) in [7, 11) is 0. The van der Waals surface area contributed by atoms with Crippen LogP contribution in [0.15, 0.2) is 24.3 Å². The van der Waals surface area contributed by atoms with Crippen molar-refractivity contribution in [1.82, 2.24) is 5.32 Å². The lowest BCUT2D eigenvalue weighted by molar-refractivity contribution is 0.0147. The molecule has 1 aromatic carbocycles. The Morgan fingerprint density at radius 1 is 1.29 bits per heavy atom. The van der Waals surface area contributed by atoms with E-state index in [1.807, 2.05) is 6.92 Å². The lowest BCUT2D eigenvalue weighted by Crippen LogP contribution is -2.53. The summed E-state index contributed by atoms with van der Waals surface area (Å²) in [6.45, 7) is 1.69. The summed E-state index contributed by atoms with van der Waals surface area (Å²) in [6, 6.07) is 6.30. The van der Waals surface area contributed by atoms with E-state index < -0.39 is 11.6 Å². The number of aliphatic hydroxyl groups is 3. The van der Waals surface area contributed by atoms with Crippen LogP contribution in [0.2, 0.25) is 0 Å². The molecule has 6 heteroatoms. The third kappa shape index (κ3) is 5.68. The predicted molar refractivity (Wildman–Crippen MR) is 77.3 cm³/mol. The Balaban J connectivity index is 2.31. The fraction of sp³-hybridized carbons (Fsp3) is 0.600. The zero-order valence-corrected chi connectivity index (χ0v) is 12.3. The second-order valence-corrected chi connectivity index (χ2v) is 5.09. The normalized spacial score (nSPS) is 13.4. The van der Waals surface area contributed by atoms with Crippen LogP contribution in [0.1, 0.15) is 18.9 Å². The van der Waals surface area contributed by atoms with Crippen molar-refractivity contribution in [2.45, 2.75) is 31.6 Å². The van der Waals surface area contributed by atoms with Gasteiger partial charge in [-0.05, 0) is 12.5 Å². The zero-order chi connectivity index (χ0) is 15.7. The Bertz CT molecular complexity index is 404. The molecular formula is C15H24FNO4. The Labute approximate surface area is 124 Å². The van der Waals surface area contributed by atoms with Gasteiger partial charge in [-0.25, -0.2) is 4.39 Å². The first-order valence-electron chi connectivity index (χ1n) is 7.03. The highest BCUT2D eigenvalue weighted by Crippen LogP contribution is 2.09. The minimum absolute atomic E-state index is 0.0397. The van der Waals surface area contributed by atoms with Crippen molar-refractivity contribution in [3.05, 3.63) is 35.6 Å². The van der Waals surface area contributed by atoms with Gasteiger partial charge in [-0.2, -0.15) is 0 Å². The van der Waals surface area contributed by atoms with E-state index in [2.05, 4.69) is 5.32 Å². The van der Waals surface area contributed by atoms with E-state index >= 15 is 0 Å². The van der Waals surface area contributed by atoms with Crippen LogP contribution in [-0.2, 0) is 11.3 Å². The highest BCUT2D eigenvalue weighted by Gasteiger charge is 2.26. The minimum atomic E-state index is -0.805. The number of rotatable bonds is 10. The molecule has 1 atom stereocenters. The molecule has 0 unspecified atom stereocenters. The van der Waals surface area contributed by atoms with Crippen LogP contribution in [-0.4, -0.2) is 53.3 Å². The number of nitrogens with one attached hydrogen (secondary N) is 1. The maximum atomic E-state index is 13.3. The Kier molecular flexibility index (Phi) is 7.77. The summed E-state index contributed by atoms with van der Waals surface area (Å²) in [5.41, 5.74) is -0.363. The molecule has 0 saturated heterocycles. The molecular weight excluding hydrogens is 277 g/mol. The van der Waals surface area contributed by atoms with Gasteiger partial charge in [0.15, 0.2) is 0 Å². The fourth-order valence-corrected chi connectivity index (χ4v) is 1.82. The van der Waals surface area contributed by atoms with E-state index in [0.29, 0.717) is 12.0 Å². The SMILES string of the molecule is CCC(CO)(CO)NC[C@@H](O)COCc1ccccc1F. The van der Waals surface area contributed by atoms with Crippen LogP contribution >= 0.6 is 0 Å². The fourth-order valence-electron chi connectivity index (χ4n) is 1.82. The molecule has 120 valence electrons. The van der Waals surface area contributed by atoms with Gasteiger partial charge < -0.3 is 25.4 Å². The number of β-amino-alcohol motifs (C(OH)–C–C–N with tert-alkyl or cyclic N) is 1. The number of hydrogen-bond donors (Lipinski definition) is 4. The molecule has 5 nitrogen and oxygen atoms in total. The molecule has 0 heterocycles. The van der Waals surface area contributed by atoms with Crippen molar-refractivity contribution in [3.8, 4) is 0 Å². The van der Waals surface area contributed by atoms with Gasteiger partial charge in [0.25, 0.3) is 0 Å². The van der Waals surface area contributed by atoms with Gasteiger partial charge in [0.05, 0.1) is 38.1 Å². The van der Waals surface area contributed by atoms with Crippen LogP contribution in [0, 0.1) is 5.82 Å². The summed E-state index contributed by atoms with van der Waals surface area (Å²) in [5.74, 6) is -0.337. The molecule has 0 radical (unpaired) electrons. The van der Waals surface area contributed by atoms with E-state index in [-0.39, 0.29) is 38.8 Å². The van der Waals surface area contributed by atoms with Crippen molar-refractivity contribution in [1.29, 1.82) is 0 Å². The lowest BCUT2D eigenvalue weighted by atomic mass is 9.98. The quantitative estimate of drug-likeness (QED) is 0.504. The van der Waals surface area contributed by atoms with Crippen molar-refractivity contribution >= 4 is 0 Å². The number of hydrogen-bond acceptors (Lipinski definition) is 5. The van der Waals surface area contributed by atoms with E-state index in [4.69, 9.17) is 4.74 Å². The van der Waals surface area contributed by atoms with Crippen LogP contribution < -0.4 is 5.32 Å². The molecule has 0 aliphatic rings. The number of ether oxygens (including phenoxy) is 1. The lowest BCUT2D eigenvalue weighted by Gasteiger charge is -2.30. The molecule has 0 amide bonds. The van der Waals surface area contributed by atoms with Crippen molar-refractivity contribution in [2.75, 3.05) is 26.4 Å². The van der Waals surface area contributed by atoms with E-state index in [0.717, 1.165) is 0 Å². The largest absolute Gasteiger partial charge is 0.394 e. The molecule has 21 heavy (non-hydrogen) atoms. The van der Waals surface area contributed by atoms with E-state index in [9.17, 15) is 19.7 Å². The van der Waals surface area contributed by atoms with Crippen LogP contribution in [0.25, 0.3) is 0 Å². The average molecular weight is 301 g/mol. The second-order valence-electron chi connectivity index (χ2n) is 5.09. The molecule has 0 bridgehead atoms. The smallest absolute Gasteiger partial charge is 0.128 e. The highest BCUT2D eigenvalue weighted by molar-refractivity contribution is 5.16. The molecule has 0 aliphatic heterocycles. The van der Waals surface area contributed by atoms with Crippen LogP contribution in [0.3, 0.4) is 0 Å². The molecule has 0 spiro atoms. The average Bonchev–Trinajstić information content (AvgIpc) is 2.51. The molecule has 0 aromatic heterocycles. The second kappa shape index (κ2) is 9.07. The monoisotopic (exact) mass is 301 g/mol. The third-order valence-electron chi connectivity index (χ3n) is 3.52. The number of benzene rings is 1. The Morgan fingerprint density at radius 3 is 2.52 bits per heavy atom. The minimum Gasteiger partial charge on any atom is -0.394 e. The summed E-state index contributed by atoms with van der Waals surface area (Å²) in [4.78, 5) is 0. The van der Waals surface area contributed by atoms with Gasteiger partial charge in [-0.3, -0.25) is 0 Å². The summed E-state index contributed by atoms with van der Waals surface area (Å²) in [5, 5.41) is 31.3. The Hall–Kier alpha value is -1.05. The third-order valence-corrected chi connectivity index (χ3v) is 3.52. The first-order chi connectivity index (χ1) is 10.1. The van der Waals surface area contributed by atoms with Gasteiger partial charge in [-0.15, -0.1) is 0 Å². The van der Waals surface area contributed by atoms with Crippen LogP contribution in [0.5, 0.6) is 0 Å². The van der Waals surface area contributed by atoms with Crippen molar-refractivity contribution in [2.24, 2.45) is 0 Å². The maximum Gasteiger partial charge on any atom is 0.128 e. The summed E-state index contributed by atoms with van der Waals surface area (Å²) in [6.07, 6.45) is -0.274. The predicted octanol–water partition coefficient (Wildman–Crippen LogP) is 0.426. The van der Waals surface area contributed by atoms with Gasteiger partial charge >= 0.3 is 0 Å². The maximum absolute atomic E-state index is 13.3. The van der Waals surface area contributed by atoms with Crippen molar-refractivity contribution < 1.29 is 24.4 Å². The van der Waals surface area contributed by atoms with E-state index in [1.54, 1.807) is 18.2 Å². The number of halogens is 1. The molecule has 0 aliphatic carbocycles. The van der Waals surface area contributed by atoms with Crippen LogP contribution in [0.4, 0.5) is 4.39 Å². The molecule has 0 fully saturated rings. The van der Waals surface area contributed by atoms with Crippen molar-refractivity contribution in [3.63, 3.8) is 0 Å².